The zero-order chi connectivity index (χ0) is 25.7. The minimum atomic E-state index is -0.572. The zero-order valence-electron chi connectivity index (χ0n) is 20.5. The molecule has 1 heterocycles. The normalized spacial score (nSPS) is 23.1. The zero-order valence-corrected chi connectivity index (χ0v) is 22.9. The third-order valence-corrected chi connectivity index (χ3v) is 8.12. The lowest BCUT2D eigenvalue weighted by Crippen LogP contribution is -2.48. The van der Waals surface area contributed by atoms with Gasteiger partial charge < -0.3 is 25.4 Å². The van der Waals surface area contributed by atoms with E-state index < -0.39 is 5.91 Å². The van der Waals surface area contributed by atoms with Crippen LogP contribution in [0.3, 0.4) is 0 Å². The van der Waals surface area contributed by atoms with Gasteiger partial charge in [-0.2, -0.15) is 0 Å². The molecule has 3 atom stereocenters. The molecule has 7 nitrogen and oxygen atoms in total. The molecule has 2 fully saturated rings. The number of carbonyl (C=O) groups excluding carboxylic acids is 2. The molecule has 1 aliphatic carbocycles. The molecule has 36 heavy (non-hydrogen) atoms. The van der Waals surface area contributed by atoms with Crippen LogP contribution >= 0.6 is 27.7 Å². The number of halogens is 1. The van der Waals surface area contributed by atoms with Gasteiger partial charge in [-0.05, 0) is 77.5 Å². The van der Waals surface area contributed by atoms with Crippen LogP contribution in [-0.2, 0) is 9.59 Å². The number of amides is 2. The van der Waals surface area contributed by atoms with E-state index in [0.29, 0.717) is 33.4 Å². The van der Waals surface area contributed by atoms with E-state index >= 15 is 0 Å². The summed E-state index contributed by atoms with van der Waals surface area (Å²) < 4.78 is 11.9. The molecule has 1 unspecified atom stereocenters. The van der Waals surface area contributed by atoms with Crippen LogP contribution < -0.4 is 20.5 Å². The summed E-state index contributed by atoms with van der Waals surface area (Å²) in [7, 11) is 0. The first-order valence-electron chi connectivity index (χ1n) is 12.3. The minimum Gasteiger partial charge on any atom is -0.490 e. The van der Waals surface area contributed by atoms with Crippen molar-refractivity contribution in [3.8, 4) is 11.5 Å². The highest BCUT2D eigenvalue weighted by Crippen LogP contribution is 2.43. The molecule has 0 spiro atoms. The number of nitrogens with zero attached hydrogens (tertiary/aromatic N) is 1. The van der Waals surface area contributed by atoms with Crippen molar-refractivity contribution in [2.75, 3.05) is 18.5 Å². The summed E-state index contributed by atoms with van der Waals surface area (Å²) >= 11 is 5.05. The van der Waals surface area contributed by atoms with Gasteiger partial charge in [-0.15, -0.1) is 0 Å². The molecule has 2 aliphatic rings. The topological polar surface area (TPSA) is 93.9 Å². The number of hydrogen-bond acceptors (Lipinski definition) is 6. The number of carbonyl (C=O) groups is 2. The molecule has 0 bridgehead atoms. The Hall–Kier alpha value is -2.65. The number of benzene rings is 2. The second kappa shape index (κ2) is 12.1. The number of nitrogens with two attached hydrogens (primary N) is 1. The Labute approximate surface area is 224 Å². The Morgan fingerprint density at radius 1 is 1.22 bits per heavy atom. The maximum atomic E-state index is 13.8. The Kier molecular flexibility index (Phi) is 8.85. The number of ether oxygens (including phenoxy) is 2. The summed E-state index contributed by atoms with van der Waals surface area (Å²) in [5, 5.41) is 3.56. The van der Waals surface area contributed by atoms with Crippen LogP contribution in [-0.4, -0.2) is 41.5 Å². The first kappa shape index (κ1) is 26.4. The van der Waals surface area contributed by atoms with E-state index in [0.717, 1.165) is 30.5 Å². The lowest BCUT2D eigenvalue weighted by molar-refractivity contribution is -0.129. The lowest BCUT2D eigenvalue weighted by Gasteiger charge is -2.39. The van der Waals surface area contributed by atoms with Gasteiger partial charge in [0.2, 0.25) is 0 Å². The smallest absolute Gasteiger partial charge is 0.262 e. The second-order valence-corrected chi connectivity index (χ2v) is 11.0. The lowest BCUT2D eigenvalue weighted by atomic mass is 9.85. The maximum absolute atomic E-state index is 13.8. The highest BCUT2D eigenvalue weighted by molar-refractivity contribution is 9.10. The fourth-order valence-corrected chi connectivity index (χ4v) is 6.52. The quantitative estimate of drug-likeness (QED) is 0.379. The second-order valence-electron chi connectivity index (χ2n) is 9.05. The summed E-state index contributed by atoms with van der Waals surface area (Å²) in [6.45, 7) is 4.29. The van der Waals surface area contributed by atoms with Gasteiger partial charge in [0.05, 0.1) is 16.0 Å². The number of thioether (sulfide) groups is 1. The van der Waals surface area contributed by atoms with Crippen molar-refractivity contribution in [2.24, 2.45) is 11.7 Å². The molecule has 9 heteroatoms. The summed E-state index contributed by atoms with van der Waals surface area (Å²) in [5.41, 5.74) is 6.83. The predicted octanol–water partition coefficient (Wildman–Crippen LogP) is 5.60. The van der Waals surface area contributed by atoms with Crippen LogP contribution in [0.1, 0.15) is 45.1 Å². The van der Waals surface area contributed by atoms with E-state index in [2.05, 4.69) is 28.2 Å². The molecular formula is C27H32BrN3O4S. The van der Waals surface area contributed by atoms with Gasteiger partial charge in [0.1, 0.15) is 0 Å². The molecule has 2 aromatic carbocycles. The van der Waals surface area contributed by atoms with E-state index in [4.69, 9.17) is 15.2 Å². The van der Waals surface area contributed by atoms with Crippen molar-refractivity contribution < 1.29 is 19.1 Å². The van der Waals surface area contributed by atoms with Crippen LogP contribution in [0.15, 0.2) is 51.8 Å². The minimum absolute atomic E-state index is 0.0373. The van der Waals surface area contributed by atoms with Crippen molar-refractivity contribution in [3.05, 3.63) is 57.4 Å². The third kappa shape index (κ3) is 6.18. The fourth-order valence-electron chi connectivity index (χ4n) is 4.74. The summed E-state index contributed by atoms with van der Waals surface area (Å²) in [5.74, 6) is 0.799. The standard InChI is InChI=1S/C27H32BrN3O4S/c1-3-34-22-14-18(13-20(28)25(22)35-16-24(29)32)15-23-26(33)31(21-12-8-7-9-17(21)2)27(36-23)30-19-10-5-4-6-11-19/h4-6,10-11,13-15,17,21,27,30H,3,7-9,12,16H2,1-2H3,(H2,29,32)/b23-15-/t17-,21+,27?/m1/s1. The van der Waals surface area contributed by atoms with Crippen LogP contribution in [0.4, 0.5) is 5.69 Å². The molecule has 192 valence electrons. The van der Waals surface area contributed by atoms with Crippen LogP contribution in [0.5, 0.6) is 11.5 Å². The maximum Gasteiger partial charge on any atom is 0.262 e. The molecule has 0 radical (unpaired) electrons. The monoisotopic (exact) mass is 573 g/mol. The van der Waals surface area contributed by atoms with Gasteiger partial charge in [-0.25, -0.2) is 0 Å². The van der Waals surface area contributed by atoms with Crippen molar-refractivity contribution in [1.29, 1.82) is 0 Å². The number of para-hydroxylation sites is 1. The van der Waals surface area contributed by atoms with Gasteiger partial charge in [-0.1, -0.05) is 49.7 Å². The van der Waals surface area contributed by atoms with E-state index in [-0.39, 0.29) is 24.1 Å². The summed E-state index contributed by atoms with van der Waals surface area (Å²) in [4.78, 5) is 27.7. The Bertz CT molecular complexity index is 1130. The summed E-state index contributed by atoms with van der Waals surface area (Å²) in [6.07, 6.45) is 6.39. The van der Waals surface area contributed by atoms with E-state index in [1.165, 1.54) is 18.2 Å². The molecule has 2 aromatic rings. The molecule has 2 amide bonds. The average Bonchev–Trinajstić information content (AvgIpc) is 3.13. The van der Waals surface area contributed by atoms with Gasteiger partial charge in [0.15, 0.2) is 23.6 Å². The van der Waals surface area contributed by atoms with E-state index in [1.807, 2.05) is 60.4 Å². The SMILES string of the molecule is CCOc1cc(/C=C2\SC(Nc3ccccc3)N([C@H]3CCCC[C@H]3C)C2=O)cc(Br)c1OCC(N)=O. The van der Waals surface area contributed by atoms with Gasteiger partial charge >= 0.3 is 0 Å². The Morgan fingerprint density at radius 3 is 2.67 bits per heavy atom. The van der Waals surface area contributed by atoms with Crippen molar-refractivity contribution in [3.63, 3.8) is 0 Å². The van der Waals surface area contributed by atoms with Crippen molar-refractivity contribution in [1.82, 2.24) is 4.90 Å². The highest BCUT2D eigenvalue weighted by Gasteiger charge is 2.42. The molecule has 1 saturated heterocycles. The van der Waals surface area contributed by atoms with Crippen molar-refractivity contribution in [2.45, 2.75) is 51.1 Å². The largest absolute Gasteiger partial charge is 0.490 e. The van der Waals surface area contributed by atoms with Gasteiger partial charge in [-0.3, -0.25) is 9.59 Å². The van der Waals surface area contributed by atoms with E-state index in [1.54, 1.807) is 0 Å². The molecular weight excluding hydrogens is 542 g/mol. The number of rotatable bonds is 9. The average molecular weight is 575 g/mol. The number of primary amides is 1. The van der Waals surface area contributed by atoms with E-state index in [9.17, 15) is 9.59 Å². The molecule has 1 saturated carbocycles. The van der Waals surface area contributed by atoms with Crippen LogP contribution in [0, 0.1) is 5.92 Å². The van der Waals surface area contributed by atoms with Gasteiger partial charge in [0.25, 0.3) is 11.8 Å². The number of anilines is 1. The first-order valence-corrected chi connectivity index (χ1v) is 13.9. The van der Waals surface area contributed by atoms with Crippen molar-refractivity contribution >= 4 is 51.3 Å². The van der Waals surface area contributed by atoms with Crippen LogP contribution in [0.2, 0.25) is 0 Å². The fraction of sp³-hybridized carbons (Fsp3) is 0.407. The van der Waals surface area contributed by atoms with Gasteiger partial charge in [0, 0.05) is 11.7 Å². The predicted molar refractivity (Wildman–Crippen MR) is 148 cm³/mol. The first-order chi connectivity index (χ1) is 17.4. The molecule has 1 aliphatic heterocycles. The molecule has 3 N–H and O–H groups in total. The Morgan fingerprint density at radius 2 is 1.97 bits per heavy atom. The Balaban J connectivity index is 1.66. The third-order valence-electron chi connectivity index (χ3n) is 6.41. The summed E-state index contributed by atoms with van der Waals surface area (Å²) in [6, 6.07) is 13.9. The highest BCUT2D eigenvalue weighted by atomic mass is 79.9. The number of nitrogens with one attached hydrogen (secondary N) is 1. The van der Waals surface area contributed by atoms with Crippen LogP contribution in [0.25, 0.3) is 6.08 Å². The molecule has 4 rings (SSSR count). The molecule has 0 aromatic heterocycles. The number of hydrogen-bond donors (Lipinski definition) is 2.